The molecule has 10 aromatic carbocycles. The first-order valence-corrected chi connectivity index (χ1v) is 28.1. The third-order valence-corrected chi connectivity index (χ3v) is 17.4. The first-order valence-electron chi connectivity index (χ1n) is 28.1. The molecule has 0 amide bonds. The van der Waals surface area contributed by atoms with Crippen molar-refractivity contribution in [2.24, 2.45) is 0 Å². The van der Waals surface area contributed by atoms with E-state index in [1.807, 2.05) is 0 Å². The van der Waals surface area contributed by atoms with Gasteiger partial charge in [-0.05, 0) is 179 Å². The summed E-state index contributed by atoms with van der Waals surface area (Å²) in [6.45, 7) is 4.74. The molecule has 3 aliphatic rings. The van der Waals surface area contributed by atoms with Gasteiger partial charge in [-0.25, -0.2) is 0 Å². The Morgan fingerprint density at radius 2 is 0.949 bits per heavy atom. The fraction of sp³-hybridized carbons (Fsp3) is 0.0909. The van der Waals surface area contributed by atoms with Gasteiger partial charge in [0, 0.05) is 28.4 Å². The van der Waals surface area contributed by atoms with Gasteiger partial charge < -0.3 is 9.13 Å². The average Bonchev–Trinajstić information content (AvgIpc) is 4.33. The molecule has 2 heteroatoms. The number of aromatic nitrogens is 2. The van der Waals surface area contributed by atoms with Crippen LogP contribution in [0, 0.1) is 0 Å². The van der Waals surface area contributed by atoms with E-state index >= 15 is 0 Å². The van der Waals surface area contributed by atoms with Crippen molar-refractivity contribution in [3.8, 4) is 89.7 Å². The van der Waals surface area contributed by atoms with Gasteiger partial charge in [0.2, 0.25) is 0 Å². The zero-order chi connectivity index (χ0) is 52.6. The summed E-state index contributed by atoms with van der Waals surface area (Å²) in [5, 5.41) is 4.90. The van der Waals surface area contributed by atoms with Gasteiger partial charge in [-0.3, -0.25) is 0 Å². The first-order chi connectivity index (χ1) is 38.9. The van der Waals surface area contributed by atoms with Crippen molar-refractivity contribution < 1.29 is 0 Å². The van der Waals surface area contributed by atoms with Crippen molar-refractivity contribution in [2.45, 2.75) is 44.4 Å². The molecular weight excluding hydrogens is 953 g/mol. The number of hydrogen-bond acceptors (Lipinski definition) is 0. The van der Waals surface area contributed by atoms with Crippen molar-refractivity contribution in [3.05, 3.63) is 295 Å². The molecule has 0 saturated heterocycles. The van der Waals surface area contributed by atoms with Crippen LogP contribution in [0.3, 0.4) is 0 Å². The minimum atomic E-state index is -0.0827. The van der Waals surface area contributed by atoms with Crippen molar-refractivity contribution in [3.63, 3.8) is 0 Å². The van der Waals surface area contributed by atoms with Crippen molar-refractivity contribution in [1.82, 2.24) is 9.13 Å². The number of benzene rings is 10. The molecule has 0 fully saturated rings. The Bertz CT molecular complexity index is 4390. The maximum Gasteiger partial charge on any atom is 0.0535 e. The van der Waals surface area contributed by atoms with Gasteiger partial charge in [0.1, 0.15) is 0 Å². The fourth-order valence-corrected chi connectivity index (χ4v) is 13.5. The predicted octanol–water partition coefficient (Wildman–Crippen LogP) is 20.4. The molecule has 2 nitrogen and oxygen atoms in total. The molecule has 0 N–H and O–H groups in total. The lowest BCUT2D eigenvalue weighted by molar-refractivity contribution is 0.660. The van der Waals surface area contributed by atoms with E-state index in [2.05, 4.69) is 296 Å². The van der Waals surface area contributed by atoms with Crippen LogP contribution >= 0.6 is 0 Å². The average molecular weight is 1010 g/mol. The van der Waals surface area contributed by atoms with Crippen LogP contribution in [0.2, 0.25) is 0 Å². The highest BCUT2D eigenvalue weighted by molar-refractivity contribution is 6.22. The zero-order valence-corrected chi connectivity index (χ0v) is 44.6. The van der Waals surface area contributed by atoms with Gasteiger partial charge in [0.25, 0.3) is 0 Å². The lowest BCUT2D eigenvalue weighted by Gasteiger charge is -2.23. The number of fused-ring (bicyclic) bond motifs is 6. The minimum absolute atomic E-state index is 0.0827. The molecule has 2 aromatic heterocycles. The highest BCUT2D eigenvalue weighted by atomic mass is 15.0. The van der Waals surface area contributed by atoms with Gasteiger partial charge >= 0.3 is 0 Å². The second-order valence-corrected chi connectivity index (χ2v) is 22.2. The molecule has 0 radical (unpaired) electrons. The molecule has 0 bridgehead atoms. The molecule has 79 heavy (non-hydrogen) atoms. The summed E-state index contributed by atoms with van der Waals surface area (Å²) in [6.07, 6.45) is 16.7. The minimum Gasteiger partial charge on any atom is -0.313 e. The molecular formula is C77H58N2. The van der Waals surface area contributed by atoms with Gasteiger partial charge in [-0.1, -0.05) is 232 Å². The van der Waals surface area contributed by atoms with Crippen LogP contribution in [0.5, 0.6) is 0 Å². The lowest BCUT2D eigenvalue weighted by Crippen LogP contribution is -2.14. The van der Waals surface area contributed by atoms with Crippen LogP contribution in [0.25, 0.3) is 117 Å². The fourth-order valence-electron chi connectivity index (χ4n) is 13.5. The molecule has 1 atom stereocenters. The summed E-state index contributed by atoms with van der Waals surface area (Å²) in [5.74, 6) is 0.248. The molecule has 0 spiro atoms. The van der Waals surface area contributed by atoms with Crippen LogP contribution in [0.15, 0.2) is 267 Å². The Morgan fingerprint density at radius 1 is 0.392 bits per heavy atom. The highest BCUT2D eigenvalue weighted by Gasteiger charge is 2.35. The van der Waals surface area contributed by atoms with Gasteiger partial charge in [-0.15, -0.1) is 0 Å². The summed E-state index contributed by atoms with van der Waals surface area (Å²) >= 11 is 0. The topological polar surface area (TPSA) is 9.86 Å². The predicted molar refractivity (Wildman–Crippen MR) is 333 cm³/mol. The standard InChI is InChI=1S/C77H58N2/c1-77(2)69-30-18-17-29-63(69)64-40-37-59(48-70(64)77)52-31-34-57(35-32-52)75-65-41-38-62(79-73(55-24-11-5-12-25-55)45-46-74(79)56-26-13-6-14-27-56)50-68(65)76(60-36-33-51-19-15-16-28-58(51)47-60)66-42-39-61(49-67(66)75)78-71(53-20-7-3-8-21-53)43-44-72(78)54-22-9-4-10-23-54/h3-15,17-26,29-50,56H,16,27-28H2,1-2H3. The quantitative estimate of drug-likeness (QED) is 0.128. The zero-order valence-electron chi connectivity index (χ0n) is 44.6. The van der Waals surface area contributed by atoms with Crippen LogP contribution in [0.1, 0.15) is 60.6 Å². The second-order valence-electron chi connectivity index (χ2n) is 22.2. The van der Waals surface area contributed by atoms with E-state index in [-0.39, 0.29) is 11.3 Å². The Labute approximate surface area is 463 Å². The summed E-state index contributed by atoms with van der Waals surface area (Å²) in [7, 11) is 0. The highest BCUT2D eigenvalue weighted by Crippen LogP contribution is 2.51. The van der Waals surface area contributed by atoms with Crippen LogP contribution in [-0.4, -0.2) is 9.13 Å². The third-order valence-electron chi connectivity index (χ3n) is 17.4. The van der Waals surface area contributed by atoms with E-state index in [0.29, 0.717) is 0 Å². The van der Waals surface area contributed by atoms with E-state index in [1.54, 1.807) is 0 Å². The number of nitrogens with zero attached hydrogens (tertiary/aromatic N) is 2. The smallest absolute Gasteiger partial charge is 0.0535 e. The maximum absolute atomic E-state index is 2.53. The third kappa shape index (κ3) is 7.85. The SMILES string of the molecule is CC1(C)c2ccccc2-c2ccc(-c3ccc(-c4c5ccc(-n6c(-c7ccccc7)ccc6C6C=CC=CC6)cc5c(-c5ccc6c(c5)CCC=C6)c5ccc(-n6c(-c7ccccc7)ccc6-c6ccccc6)cc45)cc3)cc21. The van der Waals surface area contributed by atoms with E-state index in [0.717, 1.165) is 42.0 Å². The molecule has 376 valence electrons. The molecule has 1 unspecified atom stereocenters. The molecule has 3 aliphatic carbocycles. The second kappa shape index (κ2) is 18.9. The van der Waals surface area contributed by atoms with E-state index in [9.17, 15) is 0 Å². The van der Waals surface area contributed by atoms with Gasteiger partial charge in [0.05, 0.1) is 17.1 Å². The molecule has 15 rings (SSSR count). The lowest BCUT2D eigenvalue weighted by atomic mass is 9.81. The maximum atomic E-state index is 2.53. The van der Waals surface area contributed by atoms with E-state index in [4.69, 9.17) is 0 Å². The van der Waals surface area contributed by atoms with Crippen molar-refractivity contribution in [2.75, 3.05) is 0 Å². The summed E-state index contributed by atoms with van der Waals surface area (Å²) < 4.78 is 5.00. The Morgan fingerprint density at radius 3 is 1.61 bits per heavy atom. The van der Waals surface area contributed by atoms with Gasteiger partial charge in [0.15, 0.2) is 0 Å². The summed E-state index contributed by atoms with van der Waals surface area (Å²) in [5.41, 5.74) is 26.1. The largest absolute Gasteiger partial charge is 0.313 e. The number of hydrogen-bond donors (Lipinski definition) is 0. The monoisotopic (exact) mass is 1010 g/mol. The van der Waals surface area contributed by atoms with E-state index in [1.165, 1.54) is 116 Å². The van der Waals surface area contributed by atoms with Crippen LogP contribution in [-0.2, 0) is 11.8 Å². The summed E-state index contributed by atoms with van der Waals surface area (Å²) in [6, 6.07) is 89.1. The Kier molecular flexibility index (Phi) is 11.2. The van der Waals surface area contributed by atoms with Crippen LogP contribution in [0.4, 0.5) is 0 Å². The van der Waals surface area contributed by atoms with Gasteiger partial charge in [-0.2, -0.15) is 0 Å². The molecule has 0 saturated carbocycles. The van der Waals surface area contributed by atoms with E-state index < -0.39 is 0 Å². The normalized spacial score (nSPS) is 14.9. The Balaban J connectivity index is 1.00. The first kappa shape index (κ1) is 46.8. The van der Waals surface area contributed by atoms with Crippen molar-refractivity contribution in [1.29, 1.82) is 0 Å². The number of rotatable bonds is 9. The van der Waals surface area contributed by atoms with Crippen LogP contribution < -0.4 is 0 Å². The molecule has 12 aromatic rings. The summed E-state index contributed by atoms with van der Waals surface area (Å²) in [4.78, 5) is 0. The number of allylic oxidation sites excluding steroid dienone is 5. The van der Waals surface area contributed by atoms with Crippen molar-refractivity contribution >= 4 is 27.6 Å². The molecule has 2 heterocycles. The Hall–Kier alpha value is -9.50. The molecule has 0 aliphatic heterocycles. The number of aryl methyl sites for hydroxylation is 1.